The number of hydrogen-bond donors (Lipinski definition) is 2. The van der Waals surface area contributed by atoms with Crippen LogP contribution in [-0.2, 0) is 5.75 Å². The second-order valence-electron chi connectivity index (χ2n) is 4.30. The zero-order chi connectivity index (χ0) is 14.0. The van der Waals surface area contributed by atoms with Crippen LogP contribution in [0, 0.1) is 13.8 Å². The van der Waals surface area contributed by atoms with Crippen LogP contribution in [-0.4, -0.2) is 11.1 Å². The van der Waals surface area contributed by atoms with Crippen molar-refractivity contribution in [2.45, 2.75) is 24.5 Å². The van der Waals surface area contributed by atoms with Gasteiger partial charge in [0.05, 0.1) is 0 Å². The molecule has 100 valence electrons. The Morgan fingerprint density at radius 2 is 2.11 bits per heavy atom. The summed E-state index contributed by atoms with van der Waals surface area (Å²) in [4.78, 5) is 11.9. The van der Waals surface area contributed by atoms with Gasteiger partial charge in [0, 0.05) is 21.9 Å². The molecule has 2 rings (SSSR count). The highest BCUT2D eigenvalue weighted by atomic mass is 32.2. The van der Waals surface area contributed by atoms with Crippen LogP contribution < -0.4 is 5.73 Å². The molecule has 3 N–H and O–H groups in total. The third kappa shape index (κ3) is 3.12. The summed E-state index contributed by atoms with van der Waals surface area (Å²) >= 11 is 1.63. The Balaban J connectivity index is 2.09. The number of nitrogen functional groups attached to an aromatic ring is 1. The number of hydrogen-bond acceptors (Lipinski definition) is 4. The van der Waals surface area contributed by atoms with Crippen molar-refractivity contribution in [3.8, 4) is 0 Å². The van der Waals surface area contributed by atoms with Crippen molar-refractivity contribution in [1.82, 2.24) is 0 Å². The highest BCUT2D eigenvalue weighted by molar-refractivity contribution is 7.98. The van der Waals surface area contributed by atoms with Gasteiger partial charge >= 0.3 is 5.97 Å². The van der Waals surface area contributed by atoms with E-state index in [9.17, 15) is 4.79 Å². The monoisotopic (exact) mass is 277 g/mol. The van der Waals surface area contributed by atoms with Gasteiger partial charge in [-0.15, -0.1) is 11.8 Å². The fourth-order valence-corrected chi connectivity index (χ4v) is 2.70. The smallest absolute Gasteiger partial charge is 0.371 e. The van der Waals surface area contributed by atoms with Crippen LogP contribution in [0.3, 0.4) is 0 Å². The Morgan fingerprint density at radius 1 is 1.37 bits per heavy atom. The van der Waals surface area contributed by atoms with Gasteiger partial charge in [0.1, 0.15) is 5.76 Å². The maximum Gasteiger partial charge on any atom is 0.371 e. The lowest BCUT2D eigenvalue weighted by atomic mass is 10.2. The van der Waals surface area contributed by atoms with E-state index >= 15 is 0 Å². The first-order valence-electron chi connectivity index (χ1n) is 5.79. The van der Waals surface area contributed by atoms with E-state index in [1.807, 2.05) is 25.1 Å². The molecule has 2 aromatic rings. The minimum Gasteiger partial charge on any atom is -0.475 e. The lowest BCUT2D eigenvalue weighted by Gasteiger charge is -2.04. The van der Waals surface area contributed by atoms with Crippen molar-refractivity contribution in [3.63, 3.8) is 0 Å². The van der Waals surface area contributed by atoms with Gasteiger partial charge in [-0.05, 0) is 43.7 Å². The molecule has 1 heterocycles. The number of rotatable bonds is 4. The standard InChI is InChI=1S/C14H15NO3S/c1-8-5-11(3-4-12(8)15)19-7-10-6-13(14(16)17)18-9(10)2/h3-6H,7,15H2,1-2H3,(H,16,17). The second kappa shape index (κ2) is 5.40. The lowest BCUT2D eigenvalue weighted by molar-refractivity contribution is 0.0661. The quantitative estimate of drug-likeness (QED) is 0.661. The average Bonchev–Trinajstić information content (AvgIpc) is 2.73. The van der Waals surface area contributed by atoms with Gasteiger partial charge in [0.15, 0.2) is 0 Å². The van der Waals surface area contributed by atoms with Crippen molar-refractivity contribution >= 4 is 23.4 Å². The summed E-state index contributed by atoms with van der Waals surface area (Å²) < 4.78 is 5.17. The number of carboxylic acids is 1. The normalized spacial score (nSPS) is 10.6. The molecule has 0 spiro atoms. The van der Waals surface area contributed by atoms with E-state index in [0.29, 0.717) is 11.5 Å². The van der Waals surface area contributed by atoms with Crippen molar-refractivity contribution in [3.05, 3.63) is 46.9 Å². The van der Waals surface area contributed by atoms with Crippen LogP contribution in [0.15, 0.2) is 33.6 Å². The predicted molar refractivity (Wildman–Crippen MR) is 75.6 cm³/mol. The van der Waals surface area contributed by atoms with Gasteiger partial charge in [0.2, 0.25) is 5.76 Å². The molecule has 0 aliphatic carbocycles. The minimum absolute atomic E-state index is 0.0124. The van der Waals surface area contributed by atoms with Crippen LogP contribution in [0.2, 0.25) is 0 Å². The van der Waals surface area contributed by atoms with Gasteiger partial charge in [-0.3, -0.25) is 0 Å². The number of carboxylic acid groups (broad SMARTS) is 1. The molecule has 5 heteroatoms. The number of carbonyl (C=O) groups is 1. The molecule has 0 bridgehead atoms. The number of furan rings is 1. The lowest BCUT2D eigenvalue weighted by Crippen LogP contribution is -1.91. The Morgan fingerprint density at radius 3 is 2.68 bits per heavy atom. The molecular formula is C14H15NO3S. The van der Waals surface area contributed by atoms with E-state index in [2.05, 4.69) is 0 Å². The highest BCUT2D eigenvalue weighted by Crippen LogP contribution is 2.28. The first kappa shape index (κ1) is 13.5. The van der Waals surface area contributed by atoms with Crippen molar-refractivity contribution in [1.29, 1.82) is 0 Å². The fourth-order valence-electron chi connectivity index (χ4n) is 1.67. The zero-order valence-electron chi connectivity index (χ0n) is 10.8. The van der Waals surface area contributed by atoms with E-state index in [-0.39, 0.29) is 5.76 Å². The van der Waals surface area contributed by atoms with Crippen LogP contribution in [0.4, 0.5) is 5.69 Å². The maximum absolute atomic E-state index is 10.8. The molecule has 1 aromatic heterocycles. The molecule has 0 unspecified atom stereocenters. The summed E-state index contributed by atoms with van der Waals surface area (Å²) in [6, 6.07) is 7.44. The summed E-state index contributed by atoms with van der Waals surface area (Å²) in [7, 11) is 0. The highest BCUT2D eigenvalue weighted by Gasteiger charge is 2.13. The first-order valence-corrected chi connectivity index (χ1v) is 6.77. The minimum atomic E-state index is -1.04. The van der Waals surface area contributed by atoms with Crippen molar-refractivity contribution in [2.24, 2.45) is 0 Å². The Kier molecular flexibility index (Phi) is 3.85. The summed E-state index contributed by atoms with van der Waals surface area (Å²) in [6.07, 6.45) is 0. The van der Waals surface area contributed by atoms with Crippen LogP contribution in [0.25, 0.3) is 0 Å². The van der Waals surface area contributed by atoms with Gasteiger partial charge in [-0.2, -0.15) is 0 Å². The molecule has 0 aliphatic rings. The summed E-state index contributed by atoms with van der Waals surface area (Å²) in [5.41, 5.74) is 8.48. The molecule has 19 heavy (non-hydrogen) atoms. The van der Waals surface area contributed by atoms with Crippen LogP contribution >= 0.6 is 11.8 Å². The van der Waals surface area contributed by atoms with E-state index in [1.54, 1.807) is 24.8 Å². The average molecular weight is 277 g/mol. The van der Waals surface area contributed by atoms with E-state index in [1.165, 1.54) is 0 Å². The Labute approximate surface area is 115 Å². The molecule has 0 saturated carbocycles. The third-order valence-electron chi connectivity index (χ3n) is 2.87. The van der Waals surface area contributed by atoms with Crippen molar-refractivity contribution in [2.75, 3.05) is 5.73 Å². The third-order valence-corrected chi connectivity index (χ3v) is 3.91. The van der Waals surface area contributed by atoms with E-state index in [4.69, 9.17) is 15.3 Å². The number of anilines is 1. The SMILES string of the molecule is Cc1cc(SCc2cc(C(=O)O)oc2C)ccc1N. The molecule has 4 nitrogen and oxygen atoms in total. The summed E-state index contributed by atoms with van der Waals surface area (Å²) in [5, 5.41) is 8.86. The van der Waals surface area contributed by atoms with Gasteiger partial charge < -0.3 is 15.3 Å². The molecule has 0 radical (unpaired) electrons. The van der Waals surface area contributed by atoms with E-state index in [0.717, 1.165) is 21.7 Å². The molecule has 0 aliphatic heterocycles. The molecule has 0 amide bonds. The Hall–Kier alpha value is -1.88. The molecule has 1 aromatic carbocycles. The van der Waals surface area contributed by atoms with E-state index < -0.39 is 5.97 Å². The molecular weight excluding hydrogens is 262 g/mol. The molecule has 0 fully saturated rings. The number of nitrogens with two attached hydrogens (primary N) is 1. The topological polar surface area (TPSA) is 76.5 Å². The van der Waals surface area contributed by atoms with Gasteiger partial charge in [-0.1, -0.05) is 0 Å². The van der Waals surface area contributed by atoms with Crippen LogP contribution in [0.5, 0.6) is 0 Å². The van der Waals surface area contributed by atoms with Crippen molar-refractivity contribution < 1.29 is 14.3 Å². The predicted octanol–water partition coefficient (Wildman–Crippen LogP) is 3.47. The fraction of sp³-hybridized carbons (Fsp3) is 0.214. The summed E-state index contributed by atoms with van der Waals surface area (Å²) in [6.45, 7) is 3.74. The number of thioether (sulfide) groups is 1. The maximum atomic E-state index is 10.8. The number of benzene rings is 1. The molecule has 0 atom stereocenters. The summed E-state index contributed by atoms with van der Waals surface area (Å²) in [5.74, 6) is 0.271. The number of aromatic carboxylic acids is 1. The zero-order valence-corrected chi connectivity index (χ0v) is 11.6. The van der Waals surface area contributed by atoms with Gasteiger partial charge in [0.25, 0.3) is 0 Å². The largest absolute Gasteiger partial charge is 0.475 e. The van der Waals surface area contributed by atoms with Crippen LogP contribution in [0.1, 0.15) is 27.4 Å². The number of aryl methyl sites for hydroxylation is 2. The molecule has 0 saturated heterocycles. The Bertz CT molecular complexity index is 619. The second-order valence-corrected chi connectivity index (χ2v) is 5.35. The first-order chi connectivity index (χ1) is 8.97. The van der Waals surface area contributed by atoms with Gasteiger partial charge in [-0.25, -0.2) is 4.79 Å².